The fourth-order valence-corrected chi connectivity index (χ4v) is 2.88. The standard InChI is InChI=1S/C19H14O2S/c20-18-10-12-19(21,11-4-8-16-9-5-13-22-16)17(18)14-15-6-2-1-3-7-15/h1-3,5-7,9-10,12-14,21H,11H2/b17-14-. The van der Waals surface area contributed by atoms with Crippen LogP contribution in [0.15, 0.2) is 65.6 Å². The van der Waals surface area contributed by atoms with Crippen LogP contribution in [0.25, 0.3) is 6.08 Å². The van der Waals surface area contributed by atoms with Crippen LogP contribution < -0.4 is 0 Å². The van der Waals surface area contributed by atoms with Gasteiger partial charge in [0.2, 0.25) is 0 Å². The third-order valence-corrected chi connectivity index (χ3v) is 4.23. The summed E-state index contributed by atoms with van der Waals surface area (Å²) in [5.41, 5.74) is -0.0460. The average molecular weight is 306 g/mol. The van der Waals surface area contributed by atoms with Crippen molar-refractivity contribution in [2.75, 3.05) is 0 Å². The molecule has 3 heteroatoms. The van der Waals surface area contributed by atoms with Crippen LogP contribution in [-0.4, -0.2) is 16.5 Å². The van der Waals surface area contributed by atoms with Crippen LogP contribution in [0.1, 0.15) is 16.9 Å². The summed E-state index contributed by atoms with van der Waals surface area (Å²) < 4.78 is 0. The molecule has 1 unspecified atom stereocenters. The Kier molecular flexibility index (Phi) is 4.06. The molecule has 0 saturated carbocycles. The quantitative estimate of drug-likeness (QED) is 0.681. The van der Waals surface area contributed by atoms with E-state index in [1.165, 1.54) is 12.2 Å². The molecule has 0 radical (unpaired) electrons. The highest BCUT2D eigenvalue weighted by molar-refractivity contribution is 7.10. The lowest BCUT2D eigenvalue weighted by Crippen LogP contribution is -2.27. The van der Waals surface area contributed by atoms with Crippen molar-refractivity contribution in [2.45, 2.75) is 12.0 Å². The van der Waals surface area contributed by atoms with Gasteiger partial charge in [0.25, 0.3) is 0 Å². The van der Waals surface area contributed by atoms with E-state index in [1.807, 2.05) is 47.8 Å². The number of rotatable bonds is 2. The minimum atomic E-state index is -1.31. The molecule has 0 aliphatic heterocycles. The third kappa shape index (κ3) is 3.09. The van der Waals surface area contributed by atoms with E-state index in [-0.39, 0.29) is 12.2 Å². The third-order valence-electron chi connectivity index (χ3n) is 3.44. The Hall–Kier alpha value is -2.41. The monoisotopic (exact) mass is 306 g/mol. The van der Waals surface area contributed by atoms with Gasteiger partial charge in [-0.1, -0.05) is 48.2 Å². The summed E-state index contributed by atoms with van der Waals surface area (Å²) in [4.78, 5) is 13.0. The molecule has 0 amide bonds. The van der Waals surface area contributed by atoms with Gasteiger partial charge in [-0.25, -0.2) is 0 Å². The van der Waals surface area contributed by atoms with E-state index >= 15 is 0 Å². The highest BCUT2D eigenvalue weighted by Crippen LogP contribution is 2.31. The maximum atomic E-state index is 12.0. The Bertz CT molecular complexity index is 789. The number of carbonyl (C=O) groups is 1. The molecule has 1 aromatic carbocycles. The first-order chi connectivity index (χ1) is 10.7. The summed E-state index contributed by atoms with van der Waals surface area (Å²) >= 11 is 1.55. The number of ketones is 1. The maximum absolute atomic E-state index is 12.0. The van der Waals surface area contributed by atoms with Gasteiger partial charge in [0.15, 0.2) is 5.78 Å². The van der Waals surface area contributed by atoms with E-state index in [1.54, 1.807) is 17.4 Å². The van der Waals surface area contributed by atoms with Crippen LogP contribution in [0.2, 0.25) is 0 Å². The Morgan fingerprint density at radius 1 is 1.18 bits per heavy atom. The lowest BCUT2D eigenvalue weighted by molar-refractivity contribution is -0.111. The second-order valence-electron chi connectivity index (χ2n) is 5.05. The van der Waals surface area contributed by atoms with Crippen LogP contribution in [0.3, 0.4) is 0 Å². The Morgan fingerprint density at radius 2 is 2.00 bits per heavy atom. The zero-order valence-electron chi connectivity index (χ0n) is 11.8. The van der Waals surface area contributed by atoms with E-state index in [0.29, 0.717) is 5.57 Å². The van der Waals surface area contributed by atoms with E-state index in [4.69, 9.17) is 0 Å². The lowest BCUT2D eigenvalue weighted by atomic mass is 9.91. The predicted molar refractivity (Wildman–Crippen MR) is 89.3 cm³/mol. The molecule has 22 heavy (non-hydrogen) atoms. The molecule has 108 valence electrons. The van der Waals surface area contributed by atoms with Crippen LogP contribution >= 0.6 is 11.3 Å². The molecule has 0 fully saturated rings. The van der Waals surface area contributed by atoms with Crippen molar-refractivity contribution in [3.63, 3.8) is 0 Å². The summed E-state index contributed by atoms with van der Waals surface area (Å²) in [5.74, 6) is 5.82. The van der Waals surface area contributed by atoms with Crippen molar-refractivity contribution in [3.05, 3.63) is 76.0 Å². The van der Waals surface area contributed by atoms with Gasteiger partial charge in [0.1, 0.15) is 5.60 Å². The van der Waals surface area contributed by atoms with Crippen LogP contribution in [0.5, 0.6) is 0 Å². The summed E-state index contributed by atoms with van der Waals surface area (Å²) in [7, 11) is 0. The number of carbonyl (C=O) groups excluding carboxylic acids is 1. The molecule has 1 atom stereocenters. The smallest absolute Gasteiger partial charge is 0.184 e. The van der Waals surface area contributed by atoms with Crippen molar-refractivity contribution in [1.82, 2.24) is 0 Å². The van der Waals surface area contributed by atoms with Gasteiger partial charge in [0.05, 0.1) is 4.88 Å². The molecule has 1 aliphatic rings. The number of benzene rings is 1. The predicted octanol–water partition coefficient (Wildman–Crippen LogP) is 3.44. The largest absolute Gasteiger partial charge is 0.380 e. The molecular formula is C19H14O2S. The number of allylic oxidation sites excluding steroid dienone is 1. The van der Waals surface area contributed by atoms with Crippen molar-refractivity contribution in [2.24, 2.45) is 0 Å². The maximum Gasteiger partial charge on any atom is 0.184 e. The van der Waals surface area contributed by atoms with Gasteiger partial charge >= 0.3 is 0 Å². The zero-order chi connectivity index (χ0) is 15.4. The molecule has 1 heterocycles. The van der Waals surface area contributed by atoms with Gasteiger partial charge in [0, 0.05) is 12.0 Å². The topological polar surface area (TPSA) is 37.3 Å². The normalized spacial score (nSPS) is 21.9. The Balaban J connectivity index is 1.86. The first kappa shape index (κ1) is 14.5. The summed E-state index contributed by atoms with van der Waals surface area (Å²) in [6.45, 7) is 0. The molecule has 0 bridgehead atoms. The fraction of sp³-hybridized carbons (Fsp3) is 0.105. The minimum absolute atomic E-state index is 0.163. The second kappa shape index (κ2) is 6.15. The van der Waals surface area contributed by atoms with Crippen molar-refractivity contribution >= 4 is 23.2 Å². The minimum Gasteiger partial charge on any atom is -0.380 e. The Labute approximate surface area is 133 Å². The lowest BCUT2D eigenvalue weighted by Gasteiger charge is -2.19. The number of hydrogen-bond acceptors (Lipinski definition) is 3. The van der Waals surface area contributed by atoms with Gasteiger partial charge in [-0.15, -0.1) is 11.3 Å². The highest BCUT2D eigenvalue weighted by atomic mass is 32.1. The highest BCUT2D eigenvalue weighted by Gasteiger charge is 2.36. The molecule has 3 rings (SSSR count). The number of hydrogen-bond donors (Lipinski definition) is 1. The van der Waals surface area contributed by atoms with Gasteiger partial charge in [-0.2, -0.15) is 0 Å². The second-order valence-corrected chi connectivity index (χ2v) is 5.99. The molecule has 2 aromatic rings. The van der Waals surface area contributed by atoms with Crippen LogP contribution in [-0.2, 0) is 4.79 Å². The van der Waals surface area contributed by atoms with Crippen molar-refractivity contribution < 1.29 is 9.90 Å². The summed E-state index contributed by atoms with van der Waals surface area (Å²) in [6.07, 6.45) is 4.88. The Morgan fingerprint density at radius 3 is 2.73 bits per heavy atom. The van der Waals surface area contributed by atoms with Gasteiger partial charge in [-0.05, 0) is 35.2 Å². The first-order valence-corrected chi connectivity index (χ1v) is 7.81. The molecular weight excluding hydrogens is 292 g/mol. The number of thiophene rings is 1. The summed E-state index contributed by atoms with van der Waals surface area (Å²) in [5, 5.41) is 12.7. The molecule has 0 saturated heterocycles. The summed E-state index contributed by atoms with van der Waals surface area (Å²) in [6, 6.07) is 13.4. The molecule has 0 spiro atoms. The van der Waals surface area contributed by atoms with Crippen molar-refractivity contribution in [1.29, 1.82) is 0 Å². The molecule has 2 nitrogen and oxygen atoms in total. The van der Waals surface area contributed by atoms with E-state index in [2.05, 4.69) is 11.8 Å². The molecule has 1 N–H and O–H groups in total. The molecule has 1 aliphatic carbocycles. The zero-order valence-corrected chi connectivity index (χ0v) is 12.6. The van der Waals surface area contributed by atoms with Crippen LogP contribution in [0.4, 0.5) is 0 Å². The van der Waals surface area contributed by atoms with E-state index in [0.717, 1.165) is 10.4 Å². The fourth-order valence-electron chi connectivity index (χ4n) is 2.29. The van der Waals surface area contributed by atoms with E-state index < -0.39 is 5.60 Å². The number of aliphatic hydroxyl groups is 1. The van der Waals surface area contributed by atoms with E-state index in [9.17, 15) is 9.90 Å². The van der Waals surface area contributed by atoms with Crippen molar-refractivity contribution in [3.8, 4) is 11.8 Å². The first-order valence-electron chi connectivity index (χ1n) is 6.93. The van der Waals surface area contributed by atoms with Gasteiger partial charge in [-0.3, -0.25) is 4.79 Å². The average Bonchev–Trinajstić information content (AvgIpc) is 3.13. The molecule has 1 aromatic heterocycles. The van der Waals surface area contributed by atoms with Crippen LogP contribution in [0, 0.1) is 11.8 Å². The van der Waals surface area contributed by atoms with Gasteiger partial charge < -0.3 is 5.11 Å². The SMILES string of the molecule is O=C1C=CC(O)(CC#Cc2cccs2)/C1=C\c1ccccc1.